The SMILES string of the molecule is CCc1cccc(C)c1Nc1nnc(SCC(C)(C)CS(C)(=O)=O)s1. The van der Waals surface area contributed by atoms with E-state index in [4.69, 9.17) is 0 Å². The summed E-state index contributed by atoms with van der Waals surface area (Å²) in [4.78, 5) is 0. The molecule has 0 unspecified atom stereocenters. The van der Waals surface area contributed by atoms with E-state index in [0.29, 0.717) is 5.75 Å². The Labute approximate surface area is 158 Å². The topological polar surface area (TPSA) is 72.0 Å². The number of aryl methyl sites for hydroxylation is 2. The molecule has 0 saturated heterocycles. The van der Waals surface area contributed by atoms with E-state index in [1.807, 2.05) is 13.8 Å². The first-order chi connectivity index (χ1) is 11.6. The minimum Gasteiger partial charge on any atom is -0.330 e. The van der Waals surface area contributed by atoms with Crippen molar-refractivity contribution in [1.82, 2.24) is 10.2 Å². The van der Waals surface area contributed by atoms with Crippen LogP contribution in [-0.2, 0) is 16.3 Å². The zero-order valence-corrected chi connectivity index (χ0v) is 17.7. The first kappa shape index (κ1) is 20.2. The molecule has 25 heavy (non-hydrogen) atoms. The molecule has 2 aromatic rings. The molecule has 0 amide bonds. The quantitative estimate of drug-likeness (QED) is 0.667. The summed E-state index contributed by atoms with van der Waals surface area (Å²) in [5.41, 5.74) is 3.22. The van der Waals surface area contributed by atoms with Crippen molar-refractivity contribution in [1.29, 1.82) is 0 Å². The van der Waals surface area contributed by atoms with Crippen LogP contribution in [0.3, 0.4) is 0 Å². The van der Waals surface area contributed by atoms with Crippen LogP contribution in [0.2, 0.25) is 0 Å². The minimum absolute atomic E-state index is 0.167. The number of anilines is 2. The molecule has 0 bridgehead atoms. The number of rotatable bonds is 8. The van der Waals surface area contributed by atoms with Crippen LogP contribution >= 0.6 is 23.1 Å². The lowest BCUT2D eigenvalue weighted by Gasteiger charge is -2.21. The Hall–Kier alpha value is -1.12. The minimum atomic E-state index is -2.99. The zero-order valence-electron chi connectivity index (χ0n) is 15.3. The van der Waals surface area contributed by atoms with Gasteiger partial charge in [0.1, 0.15) is 9.84 Å². The molecule has 8 heteroatoms. The smallest absolute Gasteiger partial charge is 0.210 e. The summed E-state index contributed by atoms with van der Waals surface area (Å²) in [6.45, 7) is 8.13. The Balaban J connectivity index is 2.04. The van der Waals surface area contributed by atoms with Crippen LogP contribution < -0.4 is 5.32 Å². The molecule has 0 saturated carbocycles. The maximum Gasteiger partial charge on any atom is 0.210 e. The molecule has 0 radical (unpaired) electrons. The van der Waals surface area contributed by atoms with Crippen molar-refractivity contribution in [3.8, 4) is 0 Å². The fourth-order valence-corrected chi connectivity index (χ4v) is 6.13. The van der Waals surface area contributed by atoms with Crippen LogP contribution in [0, 0.1) is 12.3 Å². The number of benzene rings is 1. The van der Waals surface area contributed by atoms with Gasteiger partial charge in [-0.25, -0.2) is 8.42 Å². The first-order valence-corrected chi connectivity index (χ1v) is 12.0. The fourth-order valence-electron chi connectivity index (χ4n) is 2.64. The Morgan fingerprint density at radius 2 is 2.00 bits per heavy atom. The second-order valence-corrected chi connectivity index (χ2v) is 11.3. The average molecular weight is 400 g/mol. The Morgan fingerprint density at radius 3 is 2.64 bits per heavy atom. The van der Waals surface area contributed by atoms with Crippen LogP contribution in [0.4, 0.5) is 10.8 Å². The van der Waals surface area contributed by atoms with Crippen LogP contribution in [-0.4, -0.2) is 36.4 Å². The number of para-hydroxylation sites is 1. The first-order valence-electron chi connectivity index (χ1n) is 8.09. The lowest BCUT2D eigenvalue weighted by molar-refractivity contribution is 0.473. The van der Waals surface area contributed by atoms with Gasteiger partial charge in [-0.3, -0.25) is 0 Å². The summed E-state index contributed by atoms with van der Waals surface area (Å²) in [5, 5.41) is 12.6. The van der Waals surface area contributed by atoms with E-state index in [1.54, 1.807) is 11.8 Å². The molecule has 0 atom stereocenters. The van der Waals surface area contributed by atoms with E-state index in [9.17, 15) is 8.42 Å². The molecule has 1 aromatic carbocycles. The molecular weight excluding hydrogens is 374 g/mol. The van der Waals surface area contributed by atoms with Gasteiger partial charge in [0.05, 0.1) is 5.75 Å². The summed E-state index contributed by atoms with van der Waals surface area (Å²) in [7, 11) is -2.99. The third kappa shape index (κ3) is 6.27. The van der Waals surface area contributed by atoms with Crippen molar-refractivity contribution < 1.29 is 8.42 Å². The zero-order chi connectivity index (χ0) is 18.7. The molecular formula is C17H25N3O2S3. The highest BCUT2D eigenvalue weighted by Crippen LogP contribution is 2.34. The van der Waals surface area contributed by atoms with E-state index in [0.717, 1.165) is 21.6 Å². The van der Waals surface area contributed by atoms with Crippen LogP contribution in [0.5, 0.6) is 0 Å². The summed E-state index contributed by atoms with van der Waals surface area (Å²) in [6.07, 6.45) is 2.23. The van der Waals surface area contributed by atoms with Crippen molar-refractivity contribution in [2.75, 3.05) is 23.1 Å². The van der Waals surface area contributed by atoms with Crippen molar-refractivity contribution in [3.05, 3.63) is 29.3 Å². The average Bonchev–Trinajstić information content (AvgIpc) is 2.93. The molecule has 1 heterocycles. The monoisotopic (exact) mass is 399 g/mol. The third-order valence-corrected chi connectivity index (χ3v) is 7.41. The van der Waals surface area contributed by atoms with Gasteiger partial charge in [-0.15, -0.1) is 10.2 Å². The van der Waals surface area contributed by atoms with E-state index in [-0.39, 0.29) is 11.2 Å². The molecule has 0 aliphatic rings. The summed E-state index contributed by atoms with van der Waals surface area (Å²) in [6, 6.07) is 6.25. The van der Waals surface area contributed by atoms with Gasteiger partial charge < -0.3 is 5.32 Å². The molecule has 0 aliphatic carbocycles. The molecule has 0 fully saturated rings. The number of hydrogen-bond donors (Lipinski definition) is 1. The molecule has 1 aromatic heterocycles. The van der Waals surface area contributed by atoms with Gasteiger partial charge in [-0.05, 0) is 29.9 Å². The van der Waals surface area contributed by atoms with Crippen LogP contribution in [0.1, 0.15) is 31.9 Å². The molecule has 0 spiro atoms. The lowest BCUT2D eigenvalue weighted by atomic mass is 10.0. The Bertz CT molecular complexity index is 829. The maximum atomic E-state index is 11.5. The van der Waals surface area contributed by atoms with Crippen molar-refractivity contribution in [3.63, 3.8) is 0 Å². The van der Waals surface area contributed by atoms with Crippen molar-refractivity contribution in [2.24, 2.45) is 5.41 Å². The van der Waals surface area contributed by atoms with Gasteiger partial charge in [0.15, 0.2) is 4.34 Å². The summed E-state index contributed by atoms with van der Waals surface area (Å²) in [5.74, 6) is 0.846. The number of nitrogens with one attached hydrogen (secondary N) is 1. The molecule has 2 rings (SSSR count). The predicted molar refractivity (Wildman–Crippen MR) is 108 cm³/mol. The Kier molecular flexibility index (Phi) is 6.51. The highest BCUT2D eigenvalue weighted by atomic mass is 32.2. The standard InChI is InChI=1S/C17H25N3O2S3/c1-6-13-9-7-8-12(2)14(13)18-15-19-20-16(24-15)23-10-17(3,4)11-25(5,21)22/h7-9H,6,10-11H2,1-5H3,(H,18,19). The summed E-state index contributed by atoms with van der Waals surface area (Å²) >= 11 is 3.05. The largest absolute Gasteiger partial charge is 0.330 e. The van der Waals surface area contributed by atoms with E-state index in [1.165, 1.54) is 28.7 Å². The highest BCUT2D eigenvalue weighted by molar-refractivity contribution is 8.01. The second-order valence-electron chi connectivity index (χ2n) is 6.98. The normalized spacial score (nSPS) is 12.4. The lowest BCUT2D eigenvalue weighted by Crippen LogP contribution is -2.25. The van der Waals surface area contributed by atoms with E-state index in [2.05, 4.69) is 47.6 Å². The summed E-state index contributed by atoms with van der Waals surface area (Å²) < 4.78 is 23.9. The second kappa shape index (κ2) is 8.05. The van der Waals surface area contributed by atoms with Crippen LogP contribution in [0.15, 0.2) is 22.5 Å². The van der Waals surface area contributed by atoms with Gasteiger partial charge in [-0.1, -0.05) is 62.1 Å². The number of thioether (sulfide) groups is 1. The van der Waals surface area contributed by atoms with Crippen LogP contribution in [0.25, 0.3) is 0 Å². The third-order valence-electron chi connectivity index (χ3n) is 3.62. The van der Waals surface area contributed by atoms with Gasteiger partial charge >= 0.3 is 0 Å². The predicted octanol–water partition coefficient (Wildman–Crippen LogP) is 4.32. The van der Waals surface area contributed by atoms with E-state index < -0.39 is 9.84 Å². The molecule has 1 N–H and O–H groups in total. The molecule has 5 nitrogen and oxygen atoms in total. The number of sulfone groups is 1. The number of nitrogens with zero attached hydrogens (tertiary/aromatic N) is 2. The maximum absolute atomic E-state index is 11.5. The van der Waals surface area contributed by atoms with Gasteiger partial charge in [0, 0.05) is 17.7 Å². The van der Waals surface area contributed by atoms with Gasteiger partial charge in [-0.2, -0.15) is 0 Å². The van der Waals surface area contributed by atoms with E-state index >= 15 is 0 Å². The Morgan fingerprint density at radius 1 is 1.28 bits per heavy atom. The molecule has 138 valence electrons. The molecule has 0 aliphatic heterocycles. The number of hydrogen-bond acceptors (Lipinski definition) is 7. The fraction of sp³-hybridized carbons (Fsp3) is 0.529. The highest BCUT2D eigenvalue weighted by Gasteiger charge is 2.24. The van der Waals surface area contributed by atoms with Crippen molar-refractivity contribution in [2.45, 2.75) is 38.5 Å². The van der Waals surface area contributed by atoms with Crippen molar-refractivity contribution >= 4 is 43.8 Å². The number of aromatic nitrogens is 2. The van der Waals surface area contributed by atoms with Gasteiger partial charge in [0.25, 0.3) is 0 Å². The van der Waals surface area contributed by atoms with Gasteiger partial charge in [0.2, 0.25) is 5.13 Å².